The van der Waals surface area contributed by atoms with Crippen molar-refractivity contribution in [3.63, 3.8) is 0 Å². The van der Waals surface area contributed by atoms with Crippen molar-refractivity contribution >= 4 is 5.97 Å². The van der Waals surface area contributed by atoms with E-state index in [0.29, 0.717) is 18.8 Å². The van der Waals surface area contributed by atoms with Crippen LogP contribution in [0.5, 0.6) is 5.75 Å². The van der Waals surface area contributed by atoms with Gasteiger partial charge in [-0.25, -0.2) is 0 Å². The second-order valence-corrected chi connectivity index (χ2v) is 5.18. The molecule has 0 spiro atoms. The van der Waals surface area contributed by atoms with Gasteiger partial charge in [-0.2, -0.15) is 0 Å². The smallest absolute Gasteiger partial charge is 0.306 e. The van der Waals surface area contributed by atoms with E-state index in [2.05, 4.69) is 0 Å². The van der Waals surface area contributed by atoms with Crippen LogP contribution in [0.2, 0.25) is 0 Å². The van der Waals surface area contributed by atoms with Crippen LogP contribution in [0.25, 0.3) is 0 Å². The highest BCUT2D eigenvalue weighted by atomic mass is 16.5. The predicted molar refractivity (Wildman–Crippen MR) is 72.0 cm³/mol. The van der Waals surface area contributed by atoms with E-state index < -0.39 is 5.97 Å². The lowest BCUT2D eigenvalue weighted by Gasteiger charge is -2.17. The molecule has 1 atom stereocenters. The number of aryl methyl sites for hydroxylation is 1. The number of aliphatic carboxylic acids is 1. The van der Waals surface area contributed by atoms with Crippen LogP contribution in [-0.4, -0.2) is 18.2 Å². The Hall–Kier alpha value is -1.51. The molecule has 0 aliphatic rings. The van der Waals surface area contributed by atoms with E-state index in [4.69, 9.17) is 4.74 Å². The number of rotatable bonds is 6. The molecule has 0 aromatic heterocycles. The van der Waals surface area contributed by atoms with Crippen molar-refractivity contribution in [1.29, 1.82) is 0 Å². The molecule has 3 heteroatoms. The summed E-state index contributed by atoms with van der Waals surface area (Å²) in [6, 6.07) is 5.88. The van der Waals surface area contributed by atoms with E-state index >= 15 is 0 Å². The standard InChI is InChI=1S/C15H22O3/c1-10(2)7-13(15(16)17)9-12-8-11(3)5-6-14(12)18-4/h5-6,8,10,13H,7,9H2,1-4H3,(H,16,17). The summed E-state index contributed by atoms with van der Waals surface area (Å²) in [5.41, 5.74) is 2.10. The molecule has 0 amide bonds. The van der Waals surface area contributed by atoms with Crippen molar-refractivity contribution in [2.75, 3.05) is 7.11 Å². The van der Waals surface area contributed by atoms with Crippen LogP contribution in [0.4, 0.5) is 0 Å². The number of carbonyl (C=O) groups is 1. The Morgan fingerprint density at radius 3 is 2.56 bits per heavy atom. The molecule has 3 nitrogen and oxygen atoms in total. The van der Waals surface area contributed by atoms with Gasteiger partial charge < -0.3 is 9.84 Å². The van der Waals surface area contributed by atoms with Crippen LogP contribution in [0.1, 0.15) is 31.4 Å². The number of benzene rings is 1. The van der Waals surface area contributed by atoms with Gasteiger partial charge in [-0.1, -0.05) is 31.5 Å². The SMILES string of the molecule is COc1ccc(C)cc1CC(CC(C)C)C(=O)O. The molecule has 1 aromatic carbocycles. The summed E-state index contributed by atoms with van der Waals surface area (Å²) in [5, 5.41) is 9.28. The molecule has 1 N–H and O–H groups in total. The maximum atomic E-state index is 11.3. The number of hydrogen-bond acceptors (Lipinski definition) is 2. The van der Waals surface area contributed by atoms with E-state index in [0.717, 1.165) is 16.9 Å². The minimum atomic E-state index is -0.729. The Morgan fingerprint density at radius 1 is 1.39 bits per heavy atom. The monoisotopic (exact) mass is 250 g/mol. The average Bonchev–Trinajstić information content (AvgIpc) is 2.27. The molecule has 0 saturated heterocycles. The zero-order chi connectivity index (χ0) is 13.7. The van der Waals surface area contributed by atoms with Gasteiger partial charge in [0.25, 0.3) is 0 Å². The number of methoxy groups -OCH3 is 1. The first-order valence-corrected chi connectivity index (χ1v) is 6.30. The Bertz CT molecular complexity index is 410. The van der Waals surface area contributed by atoms with Gasteiger partial charge in [0.1, 0.15) is 5.75 Å². The van der Waals surface area contributed by atoms with Gasteiger partial charge in [0.2, 0.25) is 0 Å². The average molecular weight is 250 g/mol. The summed E-state index contributed by atoms with van der Waals surface area (Å²) >= 11 is 0. The fraction of sp³-hybridized carbons (Fsp3) is 0.533. The van der Waals surface area contributed by atoms with Crippen LogP contribution >= 0.6 is 0 Å². The Labute approximate surface area is 109 Å². The maximum absolute atomic E-state index is 11.3. The normalized spacial score (nSPS) is 12.5. The second kappa shape index (κ2) is 6.43. The molecule has 1 aromatic rings. The Morgan fingerprint density at radius 2 is 2.06 bits per heavy atom. The van der Waals surface area contributed by atoms with E-state index in [1.54, 1.807) is 7.11 Å². The first-order valence-electron chi connectivity index (χ1n) is 6.30. The highest BCUT2D eigenvalue weighted by Crippen LogP contribution is 2.25. The van der Waals surface area contributed by atoms with Gasteiger partial charge in [-0.15, -0.1) is 0 Å². The molecule has 0 heterocycles. The van der Waals surface area contributed by atoms with Crippen molar-refractivity contribution in [2.24, 2.45) is 11.8 Å². The summed E-state index contributed by atoms with van der Waals surface area (Å²) < 4.78 is 5.29. The summed E-state index contributed by atoms with van der Waals surface area (Å²) in [4.78, 5) is 11.3. The Kier molecular flexibility index (Phi) is 5.20. The largest absolute Gasteiger partial charge is 0.496 e. The summed E-state index contributed by atoms with van der Waals surface area (Å²) in [7, 11) is 1.62. The van der Waals surface area contributed by atoms with E-state index in [9.17, 15) is 9.90 Å². The second-order valence-electron chi connectivity index (χ2n) is 5.18. The van der Waals surface area contributed by atoms with Gasteiger partial charge >= 0.3 is 5.97 Å². The molecule has 1 unspecified atom stereocenters. The number of hydrogen-bond donors (Lipinski definition) is 1. The molecule has 100 valence electrons. The summed E-state index contributed by atoms with van der Waals surface area (Å²) in [5.74, 6) is 0.0745. The van der Waals surface area contributed by atoms with E-state index in [1.807, 2.05) is 39.0 Å². The fourth-order valence-electron chi connectivity index (χ4n) is 2.17. The van der Waals surface area contributed by atoms with E-state index in [-0.39, 0.29) is 5.92 Å². The molecule has 0 aliphatic carbocycles. The predicted octanol–water partition coefficient (Wildman–Crippen LogP) is 3.29. The van der Waals surface area contributed by atoms with Crippen molar-refractivity contribution < 1.29 is 14.6 Å². The van der Waals surface area contributed by atoms with Gasteiger partial charge in [-0.3, -0.25) is 4.79 Å². The summed E-state index contributed by atoms with van der Waals surface area (Å²) in [6.45, 7) is 6.09. The molecule has 1 rings (SSSR count). The van der Waals surface area contributed by atoms with Gasteiger partial charge in [0.15, 0.2) is 0 Å². The number of carboxylic acid groups (broad SMARTS) is 1. The van der Waals surface area contributed by atoms with Crippen molar-refractivity contribution in [1.82, 2.24) is 0 Å². The molecule has 0 bridgehead atoms. The number of ether oxygens (including phenoxy) is 1. The lowest BCUT2D eigenvalue weighted by atomic mass is 9.90. The van der Waals surface area contributed by atoms with Crippen LogP contribution < -0.4 is 4.74 Å². The lowest BCUT2D eigenvalue weighted by Crippen LogP contribution is -2.19. The summed E-state index contributed by atoms with van der Waals surface area (Å²) in [6.07, 6.45) is 1.21. The van der Waals surface area contributed by atoms with Crippen LogP contribution in [0, 0.1) is 18.8 Å². The van der Waals surface area contributed by atoms with E-state index in [1.165, 1.54) is 0 Å². The van der Waals surface area contributed by atoms with Crippen LogP contribution in [0.3, 0.4) is 0 Å². The minimum Gasteiger partial charge on any atom is -0.496 e. The van der Waals surface area contributed by atoms with Crippen molar-refractivity contribution in [3.8, 4) is 5.75 Å². The van der Waals surface area contributed by atoms with Crippen LogP contribution in [0.15, 0.2) is 18.2 Å². The zero-order valence-corrected chi connectivity index (χ0v) is 11.6. The third-order valence-corrected chi connectivity index (χ3v) is 3.01. The highest BCUT2D eigenvalue weighted by molar-refractivity contribution is 5.70. The third-order valence-electron chi connectivity index (χ3n) is 3.01. The molecule has 18 heavy (non-hydrogen) atoms. The van der Waals surface area contributed by atoms with Gasteiger partial charge in [-0.05, 0) is 37.3 Å². The Balaban J connectivity index is 2.92. The molecule has 0 saturated carbocycles. The van der Waals surface area contributed by atoms with Crippen molar-refractivity contribution in [2.45, 2.75) is 33.6 Å². The van der Waals surface area contributed by atoms with Gasteiger partial charge in [0.05, 0.1) is 13.0 Å². The molecular formula is C15H22O3. The third kappa shape index (κ3) is 4.06. The first-order chi connectivity index (χ1) is 8.43. The van der Waals surface area contributed by atoms with Gasteiger partial charge in [0, 0.05) is 0 Å². The molecule has 0 aliphatic heterocycles. The molecule has 0 radical (unpaired) electrons. The first kappa shape index (κ1) is 14.6. The molecular weight excluding hydrogens is 228 g/mol. The lowest BCUT2D eigenvalue weighted by molar-refractivity contribution is -0.142. The van der Waals surface area contributed by atoms with Crippen LogP contribution in [-0.2, 0) is 11.2 Å². The van der Waals surface area contributed by atoms with Crippen molar-refractivity contribution in [3.05, 3.63) is 29.3 Å². The minimum absolute atomic E-state index is 0.347. The quantitative estimate of drug-likeness (QED) is 0.842. The zero-order valence-electron chi connectivity index (χ0n) is 11.6. The fourth-order valence-corrected chi connectivity index (χ4v) is 2.17. The maximum Gasteiger partial charge on any atom is 0.306 e. The molecule has 0 fully saturated rings. The number of carboxylic acids is 1. The highest BCUT2D eigenvalue weighted by Gasteiger charge is 2.21. The topological polar surface area (TPSA) is 46.5 Å².